The lowest BCUT2D eigenvalue weighted by Gasteiger charge is -2.39. The second kappa shape index (κ2) is 6.28. The van der Waals surface area contributed by atoms with Gasteiger partial charge in [-0.05, 0) is 34.5 Å². The smallest absolute Gasteiger partial charge is 0.151 e. The second-order valence-corrected chi connectivity index (χ2v) is 9.63. The maximum Gasteiger partial charge on any atom is 0.151 e. The normalized spacial score (nSPS) is 24.5. The summed E-state index contributed by atoms with van der Waals surface area (Å²) in [7, 11) is -2.81. The first-order valence-corrected chi connectivity index (χ1v) is 10.9. The molecule has 4 rings (SSSR count). The molecule has 2 aromatic rings. The van der Waals surface area contributed by atoms with Gasteiger partial charge >= 0.3 is 0 Å². The van der Waals surface area contributed by atoms with Crippen LogP contribution >= 0.6 is 15.9 Å². The Morgan fingerprint density at radius 1 is 1.12 bits per heavy atom. The van der Waals surface area contributed by atoms with Gasteiger partial charge in [0.05, 0.1) is 17.0 Å². The zero-order valence-corrected chi connectivity index (χ0v) is 15.8. The van der Waals surface area contributed by atoms with E-state index in [4.69, 9.17) is 0 Å². The number of piperazine rings is 1. The van der Waals surface area contributed by atoms with Crippen LogP contribution in [-0.4, -0.2) is 62.0 Å². The van der Waals surface area contributed by atoms with E-state index in [2.05, 4.69) is 42.8 Å². The Bertz CT molecular complexity index is 863. The quantitative estimate of drug-likeness (QED) is 0.761. The molecule has 2 saturated heterocycles. The van der Waals surface area contributed by atoms with Crippen molar-refractivity contribution in [2.45, 2.75) is 12.5 Å². The van der Waals surface area contributed by atoms with E-state index in [1.54, 1.807) is 0 Å². The largest absolute Gasteiger partial charge is 0.368 e. The fraction of sp³-hybridized carbons (Fsp3) is 0.471. The number of rotatable bonds is 2. The monoisotopic (exact) mass is 409 g/mol. The summed E-state index contributed by atoms with van der Waals surface area (Å²) in [6.07, 6.45) is 2.64. The van der Waals surface area contributed by atoms with Crippen molar-refractivity contribution in [2.75, 3.05) is 42.6 Å². The summed E-state index contributed by atoms with van der Waals surface area (Å²) in [5, 5.41) is 1.16. The minimum absolute atomic E-state index is 0.209. The molecule has 0 bridgehead atoms. The Balaban J connectivity index is 1.52. The standard InChI is InChI=1S/C17H20BrN3O2S/c18-15-3-1-2-14-16(4-6-19-17(14)15)21-9-7-20(8-10-21)13-5-11-24(22,23)12-13/h1-4,6,13H,5,7-12H2. The molecule has 3 heterocycles. The van der Waals surface area contributed by atoms with Gasteiger partial charge in [-0.1, -0.05) is 12.1 Å². The Morgan fingerprint density at radius 3 is 2.62 bits per heavy atom. The van der Waals surface area contributed by atoms with Gasteiger partial charge in [-0.3, -0.25) is 9.88 Å². The number of sulfone groups is 1. The average Bonchev–Trinajstić information content (AvgIpc) is 2.95. The first-order chi connectivity index (χ1) is 11.5. The van der Waals surface area contributed by atoms with E-state index < -0.39 is 9.84 Å². The van der Waals surface area contributed by atoms with Crippen molar-refractivity contribution in [1.82, 2.24) is 9.88 Å². The molecule has 0 N–H and O–H groups in total. The Labute approximate surface area is 150 Å². The van der Waals surface area contributed by atoms with Gasteiger partial charge in [-0.15, -0.1) is 0 Å². The van der Waals surface area contributed by atoms with Crippen molar-refractivity contribution in [1.29, 1.82) is 0 Å². The Kier molecular flexibility index (Phi) is 4.26. The fourth-order valence-electron chi connectivity index (χ4n) is 3.79. The number of benzene rings is 1. The summed E-state index contributed by atoms with van der Waals surface area (Å²) in [6.45, 7) is 3.67. The topological polar surface area (TPSA) is 53.5 Å². The minimum atomic E-state index is -2.81. The number of aromatic nitrogens is 1. The van der Waals surface area contributed by atoms with Crippen LogP contribution in [0, 0.1) is 0 Å². The molecule has 1 atom stereocenters. The summed E-state index contributed by atoms with van der Waals surface area (Å²) in [6, 6.07) is 8.44. The van der Waals surface area contributed by atoms with E-state index in [-0.39, 0.29) is 6.04 Å². The highest BCUT2D eigenvalue weighted by Gasteiger charge is 2.33. The van der Waals surface area contributed by atoms with Gasteiger partial charge < -0.3 is 4.90 Å². The van der Waals surface area contributed by atoms with Crippen LogP contribution in [0.1, 0.15) is 6.42 Å². The predicted octanol–water partition coefficient (Wildman–Crippen LogP) is 2.31. The van der Waals surface area contributed by atoms with Crippen LogP contribution in [0.4, 0.5) is 5.69 Å². The van der Waals surface area contributed by atoms with Crippen LogP contribution in [0.5, 0.6) is 0 Å². The van der Waals surface area contributed by atoms with Gasteiger partial charge in [0.2, 0.25) is 0 Å². The molecule has 2 aliphatic heterocycles. The van der Waals surface area contributed by atoms with Gasteiger partial charge in [-0.25, -0.2) is 8.42 Å². The van der Waals surface area contributed by atoms with Crippen molar-refractivity contribution in [3.05, 3.63) is 34.9 Å². The van der Waals surface area contributed by atoms with E-state index in [0.717, 1.165) is 48.0 Å². The highest BCUT2D eigenvalue weighted by Crippen LogP contribution is 2.31. The molecular weight excluding hydrogens is 390 g/mol. The molecule has 2 fully saturated rings. The lowest BCUT2D eigenvalue weighted by atomic mass is 10.1. The summed E-state index contributed by atoms with van der Waals surface area (Å²) >= 11 is 3.57. The van der Waals surface area contributed by atoms with E-state index in [1.807, 2.05) is 18.3 Å². The van der Waals surface area contributed by atoms with E-state index >= 15 is 0 Å². The zero-order chi connectivity index (χ0) is 16.7. The van der Waals surface area contributed by atoms with Crippen LogP contribution in [0.25, 0.3) is 10.9 Å². The number of nitrogens with zero attached hydrogens (tertiary/aromatic N) is 3. The fourth-order valence-corrected chi connectivity index (χ4v) is 6.02. The van der Waals surface area contributed by atoms with Gasteiger partial charge in [0.1, 0.15) is 0 Å². The molecule has 7 heteroatoms. The molecule has 24 heavy (non-hydrogen) atoms. The Morgan fingerprint density at radius 2 is 1.92 bits per heavy atom. The predicted molar refractivity (Wildman–Crippen MR) is 100 cm³/mol. The number of pyridine rings is 1. The van der Waals surface area contributed by atoms with Crippen molar-refractivity contribution < 1.29 is 8.42 Å². The summed E-state index contributed by atoms with van der Waals surface area (Å²) in [4.78, 5) is 9.21. The highest BCUT2D eigenvalue weighted by atomic mass is 79.9. The number of halogens is 1. The van der Waals surface area contributed by atoms with Crippen LogP contribution in [0.2, 0.25) is 0 Å². The number of hydrogen-bond donors (Lipinski definition) is 0. The number of anilines is 1. The van der Waals surface area contributed by atoms with E-state index in [0.29, 0.717) is 11.5 Å². The molecule has 0 radical (unpaired) electrons. The van der Waals surface area contributed by atoms with Gasteiger partial charge in [0.15, 0.2) is 9.84 Å². The lowest BCUT2D eigenvalue weighted by Crippen LogP contribution is -2.50. The molecule has 1 aromatic heterocycles. The SMILES string of the molecule is O=S1(=O)CCC(N2CCN(c3ccnc4c(Br)cccc34)CC2)C1. The van der Waals surface area contributed by atoms with Gasteiger partial charge in [-0.2, -0.15) is 0 Å². The van der Waals surface area contributed by atoms with Crippen LogP contribution in [0.15, 0.2) is 34.9 Å². The highest BCUT2D eigenvalue weighted by molar-refractivity contribution is 9.10. The van der Waals surface area contributed by atoms with Crippen molar-refractivity contribution in [2.24, 2.45) is 0 Å². The molecule has 2 aliphatic rings. The van der Waals surface area contributed by atoms with Crippen molar-refractivity contribution in [3.8, 4) is 0 Å². The first kappa shape index (κ1) is 16.3. The first-order valence-electron chi connectivity index (χ1n) is 8.26. The number of para-hydroxylation sites is 1. The Hall–Kier alpha value is -1.18. The van der Waals surface area contributed by atoms with Crippen molar-refractivity contribution in [3.63, 3.8) is 0 Å². The van der Waals surface area contributed by atoms with Gasteiger partial charge in [0.25, 0.3) is 0 Å². The third-order valence-electron chi connectivity index (χ3n) is 5.08. The third-order valence-corrected chi connectivity index (χ3v) is 7.47. The molecule has 0 saturated carbocycles. The van der Waals surface area contributed by atoms with E-state index in [1.165, 1.54) is 5.69 Å². The molecule has 128 valence electrons. The maximum atomic E-state index is 11.7. The number of fused-ring (bicyclic) bond motifs is 1. The van der Waals surface area contributed by atoms with Crippen molar-refractivity contribution >= 4 is 42.4 Å². The van der Waals surface area contributed by atoms with Crippen LogP contribution in [-0.2, 0) is 9.84 Å². The molecule has 0 amide bonds. The summed E-state index contributed by atoms with van der Waals surface area (Å²) in [5.74, 6) is 0.680. The van der Waals surface area contributed by atoms with Crippen LogP contribution < -0.4 is 4.90 Å². The van der Waals surface area contributed by atoms with Gasteiger partial charge in [0, 0.05) is 54.0 Å². The molecular formula is C17H20BrN3O2S. The van der Waals surface area contributed by atoms with E-state index in [9.17, 15) is 8.42 Å². The average molecular weight is 410 g/mol. The number of hydrogen-bond acceptors (Lipinski definition) is 5. The minimum Gasteiger partial charge on any atom is -0.368 e. The second-order valence-electron chi connectivity index (χ2n) is 6.55. The zero-order valence-electron chi connectivity index (χ0n) is 13.4. The lowest BCUT2D eigenvalue weighted by molar-refractivity contribution is 0.200. The molecule has 1 unspecified atom stereocenters. The molecule has 0 spiro atoms. The molecule has 5 nitrogen and oxygen atoms in total. The van der Waals surface area contributed by atoms with Crippen LogP contribution in [0.3, 0.4) is 0 Å². The molecule has 0 aliphatic carbocycles. The summed E-state index contributed by atoms with van der Waals surface area (Å²) < 4.78 is 24.4. The molecule has 1 aromatic carbocycles. The summed E-state index contributed by atoms with van der Waals surface area (Å²) in [5.41, 5.74) is 2.19. The third kappa shape index (κ3) is 3.05. The maximum absolute atomic E-state index is 11.7.